The second-order valence-corrected chi connectivity index (χ2v) is 6.25. The second-order valence-electron chi connectivity index (χ2n) is 6.25. The molecule has 1 saturated carbocycles. The van der Waals surface area contributed by atoms with Crippen LogP contribution in [-0.4, -0.2) is 29.2 Å². The van der Waals surface area contributed by atoms with E-state index in [0.29, 0.717) is 13.0 Å². The lowest BCUT2D eigenvalue weighted by atomic mass is 9.70. The first-order valence-corrected chi connectivity index (χ1v) is 6.50. The zero-order valence-corrected chi connectivity index (χ0v) is 11.5. The third kappa shape index (κ3) is 4.94. The summed E-state index contributed by atoms with van der Waals surface area (Å²) in [5, 5.41) is 14.3. The van der Waals surface area contributed by atoms with E-state index in [4.69, 9.17) is 5.11 Å². The number of aliphatic carboxylic acids is 1. The molecule has 5 nitrogen and oxygen atoms in total. The predicted molar refractivity (Wildman–Crippen MR) is 69.4 cm³/mol. The molecule has 18 heavy (non-hydrogen) atoms. The molecule has 1 aliphatic carbocycles. The summed E-state index contributed by atoms with van der Waals surface area (Å²) in [4.78, 5) is 22.2. The van der Waals surface area contributed by atoms with Crippen molar-refractivity contribution in [2.24, 2.45) is 5.41 Å². The molecule has 0 heterocycles. The minimum atomic E-state index is -0.840. The molecule has 0 spiro atoms. The Kier molecular flexibility index (Phi) is 4.59. The van der Waals surface area contributed by atoms with Gasteiger partial charge in [0.05, 0.1) is 0 Å². The minimum Gasteiger partial charge on any atom is -0.481 e. The summed E-state index contributed by atoms with van der Waals surface area (Å²) in [6.45, 7) is 6.53. The number of carbonyl (C=O) groups is 2. The van der Waals surface area contributed by atoms with Crippen LogP contribution in [0.2, 0.25) is 0 Å². The SMILES string of the molecule is CC1(CNC(=O)NC(C)(C)CCC(=O)O)CCC1. The van der Waals surface area contributed by atoms with E-state index in [1.54, 1.807) is 0 Å². The van der Waals surface area contributed by atoms with Gasteiger partial charge in [0, 0.05) is 18.5 Å². The Morgan fingerprint density at radius 3 is 2.39 bits per heavy atom. The lowest BCUT2D eigenvalue weighted by Crippen LogP contribution is -2.51. The molecule has 1 rings (SSSR count). The van der Waals surface area contributed by atoms with Crippen molar-refractivity contribution in [3.05, 3.63) is 0 Å². The maximum atomic E-state index is 11.7. The van der Waals surface area contributed by atoms with Crippen molar-refractivity contribution in [3.8, 4) is 0 Å². The van der Waals surface area contributed by atoms with Crippen LogP contribution in [0.15, 0.2) is 0 Å². The lowest BCUT2D eigenvalue weighted by Gasteiger charge is -2.38. The number of rotatable bonds is 6. The van der Waals surface area contributed by atoms with Gasteiger partial charge in [-0.2, -0.15) is 0 Å². The van der Waals surface area contributed by atoms with Gasteiger partial charge in [-0.3, -0.25) is 4.79 Å². The monoisotopic (exact) mass is 256 g/mol. The van der Waals surface area contributed by atoms with Crippen LogP contribution in [0.1, 0.15) is 52.9 Å². The average Bonchev–Trinajstić information content (AvgIpc) is 2.20. The molecule has 3 N–H and O–H groups in total. The fourth-order valence-electron chi connectivity index (χ4n) is 2.08. The summed E-state index contributed by atoms with van der Waals surface area (Å²) in [5.41, 5.74) is -0.245. The first-order valence-electron chi connectivity index (χ1n) is 6.50. The number of carboxylic acids is 1. The number of urea groups is 1. The van der Waals surface area contributed by atoms with Crippen LogP contribution >= 0.6 is 0 Å². The molecule has 0 aromatic carbocycles. The van der Waals surface area contributed by atoms with Crippen LogP contribution in [0.5, 0.6) is 0 Å². The molecule has 0 unspecified atom stereocenters. The number of hydrogen-bond acceptors (Lipinski definition) is 2. The van der Waals surface area contributed by atoms with Crippen LogP contribution in [0.3, 0.4) is 0 Å². The van der Waals surface area contributed by atoms with Crippen molar-refractivity contribution < 1.29 is 14.7 Å². The molecule has 0 saturated heterocycles. The number of hydrogen-bond donors (Lipinski definition) is 3. The normalized spacial score (nSPS) is 17.7. The largest absolute Gasteiger partial charge is 0.481 e. The Bertz CT molecular complexity index is 322. The van der Waals surface area contributed by atoms with Gasteiger partial charge in [0.15, 0.2) is 0 Å². The molecular formula is C13H24N2O3. The summed E-state index contributed by atoms with van der Waals surface area (Å²) >= 11 is 0. The Hall–Kier alpha value is -1.26. The topological polar surface area (TPSA) is 78.4 Å². The Labute approximate surface area is 108 Å². The lowest BCUT2D eigenvalue weighted by molar-refractivity contribution is -0.137. The third-order valence-electron chi connectivity index (χ3n) is 3.65. The highest BCUT2D eigenvalue weighted by atomic mass is 16.4. The summed E-state index contributed by atoms with van der Waals surface area (Å²) in [6, 6.07) is -0.210. The maximum Gasteiger partial charge on any atom is 0.315 e. The number of carbonyl (C=O) groups excluding carboxylic acids is 1. The second kappa shape index (κ2) is 5.59. The maximum absolute atomic E-state index is 11.7. The highest BCUT2D eigenvalue weighted by molar-refractivity contribution is 5.75. The molecule has 0 bridgehead atoms. The molecule has 0 atom stereocenters. The van der Waals surface area contributed by atoms with Gasteiger partial charge >= 0.3 is 12.0 Å². The fourth-order valence-corrected chi connectivity index (χ4v) is 2.08. The zero-order chi connectivity index (χ0) is 13.8. The van der Waals surface area contributed by atoms with E-state index < -0.39 is 11.5 Å². The summed E-state index contributed by atoms with van der Waals surface area (Å²) in [7, 11) is 0. The standard InChI is InChI=1S/C13H24N2O3/c1-12(2,8-5-10(16)17)15-11(18)14-9-13(3)6-4-7-13/h4-9H2,1-3H3,(H,16,17)(H2,14,15,18). The summed E-state index contributed by atoms with van der Waals surface area (Å²) in [5.74, 6) is -0.840. The summed E-state index contributed by atoms with van der Waals surface area (Å²) < 4.78 is 0. The molecule has 0 aliphatic heterocycles. The number of amides is 2. The van der Waals surface area contributed by atoms with Crippen molar-refractivity contribution >= 4 is 12.0 Å². The molecular weight excluding hydrogens is 232 g/mol. The van der Waals surface area contributed by atoms with Gasteiger partial charge in [-0.25, -0.2) is 4.79 Å². The van der Waals surface area contributed by atoms with Gasteiger partial charge in [0.25, 0.3) is 0 Å². The van der Waals surface area contributed by atoms with Crippen LogP contribution in [-0.2, 0) is 4.79 Å². The van der Waals surface area contributed by atoms with Crippen molar-refractivity contribution in [1.29, 1.82) is 0 Å². The third-order valence-corrected chi connectivity index (χ3v) is 3.65. The van der Waals surface area contributed by atoms with Crippen molar-refractivity contribution in [2.75, 3.05) is 6.54 Å². The van der Waals surface area contributed by atoms with E-state index in [0.717, 1.165) is 12.8 Å². The molecule has 1 aliphatic rings. The van der Waals surface area contributed by atoms with Crippen molar-refractivity contribution in [3.63, 3.8) is 0 Å². The molecule has 0 aromatic heterocycles. The number of nitrogens with one attached hydrogen (secondary N) is 2. The van der Waals surface area contributed by atoms with E-state index in [-0.39, 0.29) is 17.9 Å². The molecule has 5 heteroatoms. The molecule has 2 amide bonds. The van der Waals surface area contributed by atoms with Crippen LogP contribution in [0.25, 0.3) is 0 Å². The van der Waals surface area contributed by atoms with E-state index in [1.165, 1.54) is 6.42 Å². The van der Waals surface area contributed by atoms with Crippen LogP contribution in [0, 0.1) is 5.41 Å². The van der Waals surface area contributed by atoms with Gasteiger partial charge in [-0.05, 0) is 38.5 Å². The van der Waals surface area contributed by atoms with E-state index >= 15 is 0 Å². The smallest absolute Gasteiger partial charge is 0.315 e. The highest BCUT2D eigenvalue weighted by Gasteiger charge is 2.32. The first kappa shape index (κ1) is 14.8. The van der Waals surface area contributed by atoms with E-state index in [1.807, 2.05) is 13.8 Å². The van der Waals surface area contributed by atoms with Gasteiger partial charge in [-0.1, -0.05) is 13.3 Å². The zero-order valence-electron chi connectivity index (χ0n) is 11.5. The number of carboxylic acid groups (broad SMARTS) is 1. The van der Waals surface area contributed by atoms with Crippen molar-refractivity contribution in [1.82, 2.24) is 10.6 Å². The van der Waals surface area contributed by atoms with Crippen molar-refractivity contribution in [2.45, 2.75) is 58.4 Å². The Morgan fingerprint density at radius 2 is 1.94 bits per heavy atom. The van der Waals surface area contributed by atoms with Crippen LogP contribution < -0.4 is 10.6 Å². The molecule has 0 aromatic rings. The predicted octanol–water partition coefficient (Wildman–Crippen LogP) is 2.12. The minimum absolute atomic E-state index is 0.0605. The van der Waals surface area contributed by atoms with Gasteiger partial charge in [-0.15, -0.1) is 0 Å². The molecule has 0 radical (unpaired) electrons. The van der Waals surface area contributed by atoms with E-state index in [9.17, 15) is 9.59 Å². The molecule has 1 fully saturated rings. The molecule has 104 valence electrons. The van der Waals surface area contributed by atoms with Crippen LogP contribution in [0.4, 0.5) is 4.79 Å². The Balaban J connectivity index is 2.27. The quantitative estimate of drug-likeness (QED) is 0.681. The highest BCUT2D eigenvalue weighted by Crippen LogP contribution is 2.39. The summed E-state index contributed by atoms with van der Waals surface area (Å²) in [6.07, 6.45) is 4.05. The Morgan fingerprint density at radius 1 is 1.33 bits per heavy atom. The average molecular weight is 256 g/mol. The van der Waals surface area contributed by atoms with Gasteiger partial charge in [0.2, 0.25) is 0 Å². The van der Waals surface area contributed by atoms with Gasteiger partial charge < -0.3 is 15.7 Å². The fraction of sp³-hybridized carbons (Fsp3) is 0.846. The van der Waals surface area contributed by atoms with E-state index in [2.05, 4.69) is 17.6 Å². The van der Waals surface area contributed by atoms with Gasteiger partial charge in [0.1, 0.15) is 0 Å². The first-order chi connectivity index (χ1) is 8.22.